The Morgan fingerprint density at radius 2 is 2.21 bits per heavy atom. The SMILES string of the molecule is Cc1nc(C)c(C(C)NC(=O)c2ccnc(F)c2)s1. The van der Waals surface area contributed by atoms with Gasteiger partial charge in [0.25, 0.3) is 5.91 Å². The van der Waals surface area contributed by atoms with Crippen LogP contribution in [-0.2, 0) is 0 Å². The number of carbonyl (C=O) groups is 1. The number of hydrogen-bond acceptors (Lipinski definition) is 4. The van der Waals surface area contributed by atoms with Crippen LogP contribution in [0.5, 0.6) is 0 Å². The zero-order valence-electron chi connectivity index (χ0n) is 10.9. The van der Waals surface area contributed by atoms with E-state index in [2.05, 4.69) is 15.3 Å². The third-order valence-electron chi connectivity index (χ3n) is 2.67. The maximum absolute atomic E-state index is 13.0. The van der Waals surface area contributed by atoms with Crippen molar-refractivity contribution >= 4 is 17.2 Å². The van der Waals surface area contributed by atoms with E-state index in [1.165, 1.54) is 12.3 Å². The van der Waals surface area contributed by atoms with Gasteiger partial charge in [-0.2, -0.15) is 4.39 Å². The minimum atomic E-state index is -0.662. The van der Waals surface area contributed by atoms with E-state index in [1.807, 2.05) is 20.8 Å². The maximum atomic E-state index is 13.0. The molecule has 0 aliphatic rings. The van der Waals surface area contributed by atoms with Gasteiger partial charge in [-0.1, -0.05) is 0 Å². The molecule has 2 aromatic heterocycles. The lowest BCUT2D eigenvalue weighted by molar-refractivity contribution is 0.0939. The van der Waals surface area contributed by atoms with E-state index in [4.69, 9.17) is 0 Å². The Morgan fingerprint density at radius 3 is 2.79 bits per heavy atom. The minimum Gasteiger partial charge on any atom is -0.345 e. The van der Waals surface area contributed by atoms with Crippen LogP contribution in [0, 0.1) is 19.8 Å². The lowest BCUT2D eigenvalue weighted by Crippen LogP contribution is -2.26. The second-order valence-electron chi connectivity index (χ2n) is 4.24. The first-order valence-electron chi connectivity index (χ1n) is 5.83. The van der Waals surface area contributed by atoms with Crippen LogP contribution < -0.4 is 5.32 Å². The minimum absolute atomic E-state index is 0.157. The van der Waals surface area contributed by atoms with Crippen molar-refractivity contribution in [3.63, 3.8) is 0 Å². The molecule has 0 saturated carbocycles. The Morgan fingerprint density at radius 1 is 1.47 bits per heavy atom. The average Bonchev–Trinajstić information content (AvgIpc) is 2.68. The quantitative estimate of drug-likeness (QED) is 0.879. The number of pyridine rings is 1. The van der Waals surface area contributed by atoms with Crippen LogP contribution in [0.3, 0.4) is 0 Å². The average molecular weight is 279 g/mol. The van der Waals surface area contributed by atoms with Gasteiger partial charge in [-0.05, 0) is 26.8 Å². The third kappa shape index (κ3) is 3.14. The Kier molecular flexibility index (Phi) is 3.90. The maximum Gasteiger partial charge on any atom is 0.251 e. The van der Waals surface area contributed by atoms with Crippen LogP contribution in [0.25, 0.3) is 0 Å². The molecule has 6 heteroatoms. The predicted octanol–water partition coefficient (Wildman–Crippen LogP) is 2.79. The molecule has 0 saturated heterocycles. The summed E-state index contributed by atoms with van der Waals surface area (Å²) in [7, 11) is 0. The molecule has 2 heterocycles. The fourth-order valence-electron chi connectivity index (χ4n) is 1.84. The summed E-state index contributed by atoms with van der Waals surface area (Å²) >= 11 is 1.55. The topological polar surface area (TPSA) is 54.9 Å². The van der Waals surface area contributed by atoms with Crippen molar-refractivity contribution in [3.8, 4) is 0 Å². The van der Waals surface area contributed by atoms with E-state index < -0.39 is 5.95 Å². The van der Waals surface area contributed by atoms with Crippen molar-refractivity contribution < 1.29 is 9.18 Å². The molecule has 0 aliphatic carbocycles. The molecule has 1 atom stereocenters. The number of thiazole rings is 1. The molecule has 0 radical (unpaired) electrons. The van der Waals surface area contributed by atoms with Crippen molar-refractivity contribution in [1.29, 1.82) is 0 Å². The van der Waals surface area contributed by atoms with Crippen molar-refractivity contribution in [1.82, 2.24) is 15.3 Å². The van der Waals surface area contributed by atoms with Crippen molar-refractivity contribution in [2.24, 2.45) is 0 Å². The van der Waals surface area contributed by atoms with Gasteiger partial charge in [-0.3, -0.25) is 4.79 Å². The molecule has 19 heavy (non-hydrogen) atoms. The molecular formula is C13H14FN3OS. The lowest BCUT2D eigenvalue weighted by Gasteiger charge is -2.12. The van der Waals surface area contributed by atoms with Crippen LogP contribution in [0.4, 0.5) is 4.39 Å². The van der Waals surface area contributed by atoms with E-state index in [0.717, 1.165) is 21.6 Å². The molecule has 0 fully saturated rings. The number of amides is 1. The van der Waals surface area contributed by atoms with Crippen molar-refractivity contribution in [3.05, 3.63) is 45.4 Å². The summed E-state index contributed by atoms with van der Waals surface area (Å²) in [5, 5.41) is 3.79. The summed E-state index contributed by atoms with van der Waals surface area (Å²) in [5.41, 5.74) is 1.18. The zero-order valence-corrected chi connectivity index (χ0v) is 11.7. The highest BCUT2D eigenvalue weighted by atomic mass is 32.1. The van der Waals surface area contributed by atoms with Crippen LogP contribution >= 0.6 is 11.3 Å². The summed E-state index contributed by atoms with van der Waals surface area (Å²) in [6.07, 6.45) is 1.27. The molecule has 1 unspecified atom stereocenters. The molecule has 0 bridgehead atoms. The summed E-state index contributed by atoms with van der Waals surface area (Å²) < 4.78 is 13.0. The number of carbonyl (C=O) groups excluding carboxylic acids is 1. The Bertz CT molecular complexity index is 612. The van der Waals surface area contributed by atoms with E-state index in [9.17, 15) is 9.18 Å². The summed E-state index contributed by atoms with van der Waals surface area (Å²) in [4.78, 5) is 20.7. The Labute approximate surface area is 114 Å². The fourth-order valence-corrected chi connectivity index (χ4v) is 2.77. The Balaban J connectivity index is 2.13. The monoisotopic (exact) mass is 279 g/mol. The van der Waals surface area contributed by atoms with Gasteiger partial charge in [0, 0.05) is 22.7 Å². The predicted molar refractivity (Wildman–Crippen MR) is 71.7 cm³/mol. The molecule has 100 valence electrons. The van der Waals surface area contributed by atoms with Crippen LogP contribution in [0.15, 0.2) is 18.3 Å². The van der Waals surface area contributed by atoms with E-state index in [-0.39, 0.29) is 17.5 Å². The largest absolute Gasteiger partial charge is 0.345 e. The number of aryl methyl sites for hydroxylation is 2. The smallest absolute Gasteiger partial charge is 0.251 e. The molecule has 1 N–H and O–H groups in total. The Hall–Kier alpha value is -1.82. The van der Waals surface area contributed by atoms with Crippen molar-refractivity contribution in [2.75, 3.05) is 0 Å². The fraction of sp³-hybridized carbons (Fsp3) is 0.308. The standard InChI is InChI=1S/C13H14FN3OS/c1-7-12(19-9(3)16-7)8(2)17-13(18)10-4-5-15-11(14)6-10/h4-6,8H,1-3H3,(H,17,18). The number of rotatable bonds is 3. The molecular weight excluding hydrogens is 265 g/mol. The normalized spacial score (nSPS) is 12.2. The molecule has 4 nitrogen and oxygen atoms in total. The van der Waals surface area contributed by atoms with E-state index >= 15 is 0 Å². The number of nitrogens with zero attached hydrogens (tertiary/aromatic N) is 2. The highest BCUT2D eigenvalue weighted by Gasteiger charge is 2.16. The molecule has 0 spiro atoms. The van der Waals surface area contributed by atoms with Crippen LogP contribution in [0.2, 0.25) is 0 Å². The highest BCUT2D eigenvalue weighted by Crippen LogP contribution is 2.24. The van der Waals surface area contributed by atoms with Gasteiger partial charge in [-0.25, -0.2) is 9.97 Å². The van der Waals surface area contributed by atoms with Crippen LogP contribution in [-0.4, -0.2) is 15.9 Å². The van der Waals surface area contributed by atoms with Gasteiger partial charge in [0.15, 0.2) is 0 Å². The first-order chi connectivity index (χ1) is 8.97. The number of hydrogen-bond donors (Lipinski definition) is 1. The molecule has 0 aromatic carbocycles. The summed E-state index contributed by atoms with van der Waals surface area (Å²) in [5.74, 6) is -0.982. The van der Waals surface area contributed by atoms with Gasteiger partial charge in [0.05, 0.1) is 16.7 Å². The molecule has 1 amide bonds. The van der Waals surface area contributed by atoms with Gasteiger partial charge in [-0.15, -0.1) is 11.3 Å². The van der Waals surface area contributed by atoms with Gasteiger partial charge < -0.3 is 5.32 Å². The summed E-state index contributed by atoms with van der Waals surface area (Å²) in [6, 6.07) is 2.44. The van der Waals surface area contributed by atoms with Gasteiger partial charge >= 0.3 is 0 Å². The lowest BCUT2D eigenvalue weighted by atomic mass is 10.2. The third-order valence-corrected chi connectivity index (χ3v) is 3.92. The van der Waals surface area contributed by atoms with Gasteiger partial charge in [0.2, 0.25) is 5.95 Å². The first kappa shape index (κ1) is 13.6. The number of aromatic nitrogens is 2. The summed E-state index contributed by atoms with van der Waals surface area (Å²) in [6.45, 7) is 5.72. The second kappa shape index (κ2) is 5.44. The van der Waals surface area contributed by atoms with Crippen molar-refractivity contribution in [2.45, 2.75) is 26.8 Å². The van der Waals surface area contributed by atoms with E-state index in [1.54, 1.807) is 11.3 Å². The number of nitrogens with one attached hydrogen (secondary N) is 1. The van der Waals surface area contributed by atoms with E-state index in [0.29, 0.717) is 0 Å². The zero-order chi connectivity index (χ0) is 14.0. The van der Waals surface area contributed by atoms with Crippen LogP contribution in [0.1, 0.15) is 38.9 Å². The molecule has 2 rings (SSSR count). The van der Waals surface area contributed by atoms with Gasteiger partial charge in [0.1, 0.15) is 0 Å². The molecule has 0 aliphatic heterocycles. The first-order valence-corrected chi connectivity index (χ1v) is 6.65. The highest BCUT2D eigenvalue weighted by molar-refractivity contribution is 7.11. The number of halogens is 1. The second-order valence-corrected chi connectivity index (χ2v) is 5.48. The molecule has 2 aromatic rings.